The molecular formula is C22H27Cl2N9O3. The van der Waals surface area contributed by atoms with Crippen molar-refractivity contribution in [1.82, 2.24) is 19.2 Å². The average Bonchev–Trinajstić information content (AvgIpc) is 3.42. The number of nitrogens with zero attached hydrogens (tertiary/aromatic N) is 6. The lowest BCUT2D eigenvalue weighted by atomic mass is 10.2. The largest absolute Gasteiger partial charge is 0.369 e. The van der Waals surface area contributed by atoms with E-state index in [-0.39, 0.29) is 29.2 Å². The number of carbonyl (C=O) groups is 3. The molecule has 3 aromatic rings. The molecule has 0 radical (unpaired) electrons. The van der Waals surface area contributed by atoms with Gasteiger partial charge in [-0.1, -0.05) is 0 Å². The van der Waals surface area contributed by atoms with Gasteiger partial charge in [0.15, 0.2) is 11.6 Å². The van der Waals surface area contributed by atoms with Gasteiger partial charge >= 0.3 is 0 Å². The summed E-state index contributed by atoms with van der Waals surface area (Å²) in [5, 5.41) is 6.85. The molecule has 0 atom stereocenters. The smallest absolute Gasteiger partial charge is 0.292 e. The normalized spacial score (nSPS) is 10.7. The highest BCUT2D eigenvalue weighted by molar-refractivity contribution is 6.18. The maximum atomic E-state index is 12.8. The summed E-state index contributed by atoms with van der Waals surface area (Å²) in [5.74, 6) is -0.500. The molecule has 3 amide bonds. The van der Waals surface area contributed by atoms with E-state index in [0.29, 0.717) is 30.4 Å². The van der Waals surface area contributed by atoms with Gasteiger partial charge in [0.05, 0.1) is 6.20 Å². The van der Waals surface area contributed by atoms with Crippen LogP contribution in [0, 0.1) is 0 Å². The van der Waals surface area contributed by atoms with Crippen LogP contribution in [0.4, 0.5) is 17.3 Å². The average molecular weight is 536 g/mol. The van der Waals surface area contributed by atoms with Crippen LogP contribution in [-0.4, -0.2) is 75.9 Å². The topological polar surface area (TPSA) is 143 Å². The SMILES string of the molecule is CN(C)n1cc(NC(=O)c2nc(NC(=O)c3ccc(N(CCCl)CCCl)cc3)cn2C)nc1C(N)=O. The van der Waals surface area contributed by atoms with Crippen molar-refractivity contribution < 1.29 is 14.4 Å². The number of hydrogen-bond donors (Lipinski definition) is 3. The standard InChI is InChI=1S/C22H27Cl2N9O3/c1-30(2)33-13-17(26-19(33)18(25)34)29-22(36)20-27-16(12-31(20)3)28-21(35)14-4-6-15(7-5-14)32(10-8-23)11-9-24/h4-7,12-13H,8-11H2,1-3H3,(H2,25,34)(H,28,35)(H,29,36). The molecule has 0 saturated carbocycles. The third kappa shape index (κ3) is 6.26. The van der Waals surface area contributed by atoms with E-state index in [1.807, 2.05) is 17.0 Å². The van der Waals surface area contributed by atoms with Crippen molar-refractivity contribution >= 4 is 58.2 Å². The van der Waals surface area contributed by atoms with Crippen LogP contribution in [0.5, 0.6) is 0 Å². The molecule has 0 aliphatic heterocycles. The fourth-order valence-corrected chi connectivity index (χ4v) is 3.81. The number of rotatable bonds is 11. The van der Waals surface area contributed by atoms with Crippen LogP contribution in [-0.2, 0) is 7.05 Å². The van der Waals surface area contributed by atoms with Crippen LogP contribution in [0.15, 0.2) is 36.7 Å². The number of hydrogen-bond acceptors (Lipinski definition) is 7. The Kier molecular flexibility index (Phi) is 8.78. The van der Waals surface area contributed by atoms with Crippen LogP contribution in [0.2, 0.25) is 0 Å². The molecule has 0 fully saturated rings. The number of nitrogens with one attached hydrogen (secondary N) is 2. The second-order valence-corrected chi connectivity index (χ2v) is 8.64. The summed E-state index contributed by atoms with van der Waals surface area (Å²) in [6.07, 6.45) is 2.96. The molecule has 0 aliphatic rings. The van der Waals surface area contributed by atoms with Crippen molar-refractivity contribution in [3.8, 4) is 0 Å². The molecule has 4 N–H and O–H groups in total. The predicted molar refractivity (Wildman–Crippen MR) is 140 cm³/mol. The van der Waals surface area contributed by atoms with E-state index in [2.05, 4.69) is 20.6 Å². The zero-order valence-electron chi connectivity index (χ0n) is 20.0. The number of aromatic nitrogens is 4. The van der Waals surface area contributed by atoms with E-state index in [4.69, 9.17) is 28.9 Å². The van der Waals surface area contributed by atoms with Gasteiger partial charge in [-0.3, -0.25) is 14.4 Å². The second kappa shape index (κ2) is 11.8. The Labute approximate surface area is 217 Å². The molecule has 0 unspecified atom stereocenters. The van der Waals surface area contributed by atoms with Crippen molar-refractivity contribution in [2.45, 2.75) is 0 Å². The lowest BCUT2D eigenvalue weighted by Crippen LogP contribution is -2.30. The molecular weight excluding hydrogens is 509 g/mol. The van der Waals surface area contributed by atoms with E-state index in [1.165, 1.54) is 21.6 Å². The van der Waals surface area contributed by atoms with Crippen molar-refractivity contribution in [3.63, 3.8) is 0 Å². The molecule has 0 aliphatic carbocycles. The van der Waals surface area contributed by atoms with E-state index in [1.54, 1.807) is 38.3 Å². The summed E-state index contributed by atoms with van der Waals surface area (Å²) in [4.78, 5) is 47.4. The van der Waals surface area contributed by atoms with Crippen molar-refractivity contribution in [1.29, 1.82) is 0 Å². The molecule has 1 aromatic carbocycles. The number of benzene rings is 1. The third-order valence-corrected chi connectivity index (χ3v) is 5.44. The maximum Gasteiger partial charge on any atom is 0.292 e. The summed E-state index contributed by atoms with van der Waals surface area (Å²) in [6.45, 7) is 1.27. The highest BCUT2D eigenvalue weighted by Crippen LogP contribution is 2.17. The number of anilines is 3. The summed E-state index contributed by atoms with van der Waals surface area (Å²) in [6, 6.07) is 7.01. The Morgan fingerprint density at radius 2 is 1.47 bits per heavy atom. The Hall–Kier alpha value is -3.77. The molecule has 0 saturated heterocycles. The fraction of sp³-hybridized carbons (Fsp3) is 0.318. The molecule has 14 heteroatoms. The number of aryl methyl sites for hydroxylation is 1. The van der Waals surface area contributed by atoms with Crippen molar-refractivity contribution in [2.75, 3.05) is 59.5 Å². The fourth-order valence-electron chi connectivity index (χ4n) is 3.40. The Morgan fingerprint density at radius 3 is 2.00 bits per heavy atom. The molecule has 3 rings (SSSR count). The summed E-state index contributed by atoms with van der Waals surface area (Å²) >= 11 is 11.7. The number of alkyl halides is 2. The van der Waals surface area contributed by atoms with Crippen LogP contribution >= 0.6 is 23.2 Å². The van der Waals surface area contributed by atoms with Crippen molar-refractivity contribution in [2.24, 2.45) is 12.8 Å². The number of nitrogens with two attached hydrogens (primary N) is 1. The monoisotopic (exact) mass is 535 g/mol. The molecule has 2 heterocycles. The highest BCUT2D eigenvalue weighted by Gasteiger charge is 2.20. The minimum atomic E-state index is -0.745. The zero-order chi connectivity index (χ0) is 26.4. The summed E-state index contributed by atoms with van der Waals surface area (Å²) < 4.78 is 2.86. The summed E-state index contributed by atoms with van der Waals surface area (Å²) in [7, 11) is 5.00. The summed E-state index contributed by atoms with van der Waals surface area (Å²) in [5.41, 5.74) is 6.67. The van der Waals surface area contributed by atoms with Crippen LogP contribution in [0.25, 0.3) is 0 Å². The minimum absolute atomic E-state index is 0.0264. The van der Waals surface area contributed by atoms with Gasteiger partial charge in [-0.15, -0.1) is 23.2 Å². The first-order chi connectivity index (χ1) is 17.1. The van der Waals surface area contributed by atoms with Crippen molar-refractivity contribution in [3.05, 3.63) is 53.9 Å². The van der Waals surface area contributed by atoms with E-state index < -0.39 is 11.8 Å². The molecule has 0 spiro atoms. The number of halogens is 2. The maximum absolute atomic E-state index is 12.8. The van der Waals surface area contributed by atoms with Gasteiger partial charge in [-0.25, -0.2) is 14.6 Å². The predicted octanol–water partition coefficient (Wildman–Crippen LogP) is 1.70. The number of amides is 3. The van der Waals surface area contributed by atoms with Gasteiger partial charge in [-0.2, -0.15) is 0 Å². The zero-order valence-corrected chi connectivity index (χ0v) is 21.5. The highest BCUT2D eigenvalue weighted by atomic mass is 35.5. The third-order valence-electron chi connectivity index (χ3n) is 5.11. The lowest BCUT2D eigenvalue weighted by Gasteiger charge is -2.22. The number of imidazole rings is 2. The molecule has 36 heavy (non-hydrogen) atoms. The molecule has 2 aromatic heterocycles. The first-order valence-electron chi connectivity index (χ1n) is 10.8. The van der Waals surface area contributed by atoms with Gasteiger partial charge in [0.1, 0.15) is 0 Å². The molecule has 192 valence electrons. The number of carbonyl (C=O) groups excluding carboxylic acids is 3. The lowest BCUT2D eigenvalue weighted by molar-refractivity contribution is 0.0982. The minimum Gasteiger partial charge on any atom is -0.369 e. The second-order valence-electron chi connectivity index (χ2n) is 7.89. The van der Waals surface area contributed by atoms with Gasteiger partial charge in [-0.05, 0) is 24.3 Å². The van der Waals surface area contributed by atoms with E-state index >= 15 is 0 Å². The van der Waals surface area contributed by atoms with Crippen LogP contribution < -0.4 is 26.3 Å². The van der Waals surface area contributed by atoms with Gasteiger partial charge < -0.3 is 30.8 Å². The first kappa shape index (κ1) is 26.8. The Bertz CT molecular complexity index is 1230. The molecule has 12 nitrogen and oxygen atoms in total. The van der Waals surface area contributed by atoms with Gasteiger partial charge in [0, 0.05) is 63.4 Å². The van der Waals surface area contributed by atoms with E-state index in [9.17, 15) is 14.4 Å². The van der Waals surface area contributed by atoms with Crippen LogP contribution in [0.1, 0.15) is 31.6 Å². The first-order valence-corrected chi connectivity index (χ1v) is 11.9. The Morgan fingerprint density at radius 1 is 0.917 bits per heavy atom. The van der Waals surface area contributed by atoms with Gasteiger partial charge in [0.25, 0.3) is 17.7 Å². The number of primary amides is 1. The Balaban J connectivity index is 1.70. The van der Waals surface area contributed by atoms with Crippen LogP contribution in [0.3, 0.4) is 0 Å². The van der Waals surface area contributed by atoms with E-state index in [0.717, 1.165) is 5.69 Å². The quantitative estimate of drug-likeness (QED) is 0.317. The molecule has 0 bridgehead atoms. The van der Waals surface area contributed by atoms with Gasteiger partial charge in [0.2, 0.25) is 11.6 Å².